The van der Waals surface area contributed by atoms with Gasteiger partial charge in [0.2, 0.25) is 5.91 Å². The molecule has 1 saturated heterocycles. The maximum absolute atomic E-state index is 12.3. The molecule has 0 radical (unpaired) electrons. The van der Waals surface area contributed by atoms with Crippen LogP contribution >= 0.6 is 0 Å². The molecule has 2 fully saturated rings. The molecule has 0 aromatic heterocycles. The van der Waals surface area contributed by atoms with Gasteiger partial charge in [0.1, 0.15) is 0 Å². The van der Waals surface area contributed by atoms with Crippen molar-refractivity contribution in [3.8, 4) is 0 Å². The van der Waals surface area contributed by atoms with E-state index in [1.54, 1.807) is 29.2 Å². The standard InChI is InChI=1S/C18H28N6O2.C10H12.C3H9N/c1-14(2)22-9-11-23(12-10-22)17(25)13-21-18(26)15-3-5-16(6-4-15)24(20)8-7-19;1-8-2-4-9(5-3-8)10-6-7-10;1-2-3-4/h3-8,14H,9-13,19-20H2,1-2H3,(H,21,26);2-5,10H,6-7H2,1H3;2-4H2,1H3/b8-7-;;. The Labute approximate surface area is 240 Å². The lowest BCUT2D eigenvalue weighted by Gasteiger charge is -2.36. The average Bonchev–Trinajstić information content (AvgIpc) is 3.82. The van der Waals surface area contributed by atoms with Crippen LogP contribution in [0.25, 0.3) is 0 Å². The Morgan fingerprint density at radius 1 is 1.02 bits per heavy atom. The van der Waals surface area contributed by atoms with Crippen molar-refractivity contribution in [2.24, 2.45) is 17.3 Å². The molecule has 2 amide bonds. The Kier molecular flexibility index (Phi) is 14.2. The molecule has 0 unspecified atom stereocenters. The van der Waals surface area contributed by atoms with Crippen LogP contribution in [-0.4, -0.2) is 66.9 Å². The molecular formula is C31H49N7O2. The highest BCUT2D eigenvalue weighted by Crippen LogP contribution is 2.39. The Hall–Kier alpha value is -3.40. The molecule has 9 nitrogen and oxygen atoms in total. The first-order valence-electron chi connectivity index (χ1n) is 14.3. The first kappa shape index (κ1) is 32.8. The predicted octanol–water partition coefficient (Wildman–Crippen LogP) is 3.31. The summed E-state index contributed by atoms with van der Waals surface area (Å²) in [4.78, 5) is 28.6. The molecular weight excluding hydrogens is 502 g/mol. The molecule has 7 N–H and O–H groups in total. The lowest BCUT2D eigenvalue weighted by molar-refractivity contribution is -0.132. The minimum absolute atomic E-state index is 0.00118. The van der Waals surface area contributed by atoms with E-state index in [-0.39, 0.29) is 18.4 Å². The lowest BCUT2D eigenvalue weighted by Crippen LogP contribution is -2.52. The van der Waals surface area contributed by atoms with E-state index in [1.807, 2.05) is 0 Å². The molecule has 0 atom stereocenters. The molecule has 1 aliphatic carbocycles. The normalized spacial score (nSPS) is 15.1. The number of hydrogen-bond donors (Lipinski definition) is 4. The second-order valence-electron chi connectivity index (χ2n) is 10.5. The van der Waals surface area contributed by atoms with Gasteiger partial charge in [-0.05, 0) is 82.3 Å². The summed E-state index contributed by atoms with van der Waals surface area (Å²) in [5, 5.41) is 4.03. The summed E-state index contributed by atoms with van der Waals surface area (Å²) in [5.74, 6) is 6.31. The number of carbonyl (C=O) groups excluding carboxylic acids is 2. The summed E-state index contributed by atoms with van der Waals surface area (Å²) < 4.78 is 0. The summed E-state index contributed by atoms with van der Waals surface area (Å²) >= 11 is 0. The monoisotopic (exact) mass is 551 g/mol. The van der Waals surface area contributed by atoms with Gasteiger partial charge in [-0.2, -0.15) is 0 Å². The molecule has 1 saturated carbocycles. The number of aryl methyl sites for hydroxylation is 1. The van der Waals surface area contributed by atoms with Crippen LogP contribution in [0.15, 0.2) is 60.9 Å². The third-order valence-corrected chi connectivity index (χ3v) is 6.89. The number of nitrogens with zero attached hydrogens (tertiary/aromatic N) is 3. The van der Waals surface area contributed by atoms with Crippen molar-refractivity contribution in [1.29, 1.82) is 0 Å². The van der Waals surface area contributed by atoms with Crippen LogP contribution in [0.2, 0.25) is 0 Å². The van der Waals surface area contributed by atoms with E-state index >= 15 is 0 Å². The molecule has 0 bridgehead atoms. The minimum atomic E-state index is -0.288. The van der Waals surface area contributed by atoms with Gasteiger partial charge in [-0.1, -0.05) is 36.8 Å². The second-order valence-corrected chi connectivity index (χ2v) is 10.5. The lowest BCUT2D eigenvalue weighted by atomic mass is 10.1. The molecule has 220 valence electrons. The molecule has 1 heterocycles. The maximum Gasteiger partial charge on any atom is 0.251 e. The van der Waals surface area contributed by atoms with E-state index in [9.17, 15) is 9.59 Å². The number of carbonyl (C=O) groups is 2. The van der Waals surface area contributed by atoms with Crippen LogP contribution in [0.4, 0.5) is 5.69 Å². The molecule has 2 aromatic carbocycles. The number of benzene rings is 2. The van der Waals surface area contributed by atoms with Crippen LogP contribution < -0.4 is 27.6 Å². The van der Waals surface area contributed by atoms with Gasteiger partial charge >= 0.3 is 0 Å². The predicted molar refractivity (Wildman–Crippen MR) is 165 cm³/mol. The number of nitrogens with one attached hydrogen (secondary N) is 1. The van der Waals surface area contributed by atoms with Gasteiger partial charge in [0.05, 0.1) is 12.2 Å². The number of hydrogen-bond acceptors (Lipinski definition) is 7. The average molecular weight is 552 g/mol. The van der Waals surface area contributed by atoms with E-state index < -0.39 is 0 Å². The van der Waals surface area contributed by atoms with Crippen molar-refractivity contribution in [2.75, 3.05) is 44.3 Å². The Morgan fingerprint density at radius 2 is 1.60 bits per heavy atom. The van der Waals surface area contributed by atoms with E-state index in [0.717, 1.165) is 32.0 Å². The Balaban J connectivity index is 0.000000325. The molecule has 2 aromatic rings. The van der Waals surface area contributed by atoms with Gasteiger partial charge in [-0.25, -0.2) is 5.84 Å². The summed E-state index contributed by atoms with van der Waals surface area (Å²) in [5.41, 5.74) is 14.4. The highest BCUT2D eigenvalue weighted by molar-refractivity contribution is 5.96. The van der Waals surface area contributed by atoms with Crippen molar-refractivity contribution >= 4 is 17.5 Å². The Morgan fingerprint density at radius 3 is 2.08 bits per heavy atom. The number of anilines is 1. The van der Waals surface area contributed by atoms with Crippen molar-refractivity contribution in [2.45, 2.75) is 58.9 Å². The highest BCUT2D eigenvalue weighted by Gasteiger charge is 2.23. The van der Waals surface area contributed by atoms with Crippen LogP contribution in [0.1, 0.15) is 67.4 Å². The molecule has 0 spiro atoms. The minimum Gasteiger partial charge on any atom is -0.403 e. The molecule has 1 aliphatic heterocycles. The van der Waals surface area contributed by atoms with Gasteiger partial charge in [-0.3, -0.25) is 19.5 Å². The fourth-order valence-corrected chi connectivity index (χ4v) is 4.08. The van der Waals surface area contributed by atoms with Crippen LogP contribution in [0.3, 0.4) is 0 Å². The van der Waals surface area contributed by atoms with Gasteiger partial charge in [0, 0.05) is 50.2 Å². The first-order chi connectivity index (χ1) is 19.2. The molecule has 2 aliphatic rings. The number of piperazine rings is 1. The van der Waals surface area contributed by atoms with Gasteiger partial charge in [-0.15, -0.1) is 0 Å². The highest BCUT2D eigenvalue weighted by atomic mass is 16.2. The van der Waals surface area contributed by atoms with Crippen molar-refractivity contribution < 1.29 is 9.59 Å². The first-order valence-corrected chi connectivity index (χ1v) is 14.3. The van der Waals surface area contributed by atoms with E-state index in [4.69, 9.17) is 17.3 Å². The number of hydrazine groups is 1. The fourth-order valence-electron chi connectivity index (χ4n) is 4.08. The SMILES string of the molecule is CC(C)N1CCN(C(=O)CNC(=O)c2ccc(N(N)/C=C\N)cc2)CC1.CCCN.Cc1ccc(C2CC2)cc1. The van der Waals surface area contributed by atoms with E-state index in [0.29, 0.717) is 30.4 Å². The third-order valence-electron chi connectivity index (χ3n) is 6.89. The molecule has 4 rings (SSSR count). The van der Waals surface area contributed by atoms with Crippen molar-refractivity contribution in [1.82, 2.24) is 15.1 Å². The quantitative estimate of drug-likeness (QED) is 0.292. The molecule has 40 heavy (non-hydrogen) atoms. The summed E-state index contributed by atoms with van der Waals surface area (Å²) in [6.45, 7) is 12.4. The van der Waals surface area contributed by atoms with Crippen LogP contribution in [0, 0.1) is 6.92 Å². The smallest absolute Gasteiger partial charge is 0.251 e. The summed E-state index contributed by atoms with van der Waals surface area (Å²) in [7, 11) is 0. The van der Waals surface area contributed by atoms with Crippen molar-refractivity contribution in [3.63, 3.8) is 0 Å². The largest absolute Gasteiger partial charge is 0.403 e. The zero-order valence-corrected chi connectivity index (χ0v) is 24.7. The number of amides is 2. The van der Waals surface area contributed by atoms with E-state index in [1.165, 1.54) is 41.4 Å². The second kappa shape index (κ2) is 17.3. The fraction of sp³-hybridized carbons (Fsp3) is 0.484. The molecule has 9 heteroatoms. The number of rotatable bonds is 8. The number of nitrogens with two attached hydrogens (primary N) is 3. The third kappa shape index (κ3) is 11.4. The Bertz CT molecular complexity index is 1040. The van der Waals surface area contributed by atoms with Crippen molar-refractivity contribution in [3.05, 3.63) is 77.6 Å². The summed E-state index contributed by atoms with van der Waals surface area (Å²) in [6.07, 6.45) is 6.74. The van der Waals surface area contributed by atoms with Gasteiger partial charge < -0.3 is 21.7 Å². The maximum atomic E-state index is 12.3. The van der Waals surface area contributed by atoms with Crippen LogP contribution in [0.5, 0.6) is 0 Å². The zero-order valence-electron chi connectivity index (χ0n) is 24.7. The van der Waals surface area contributed by atoms with Crippen LogP contribution in [-0.2, 0) is 4.79 Å². The zero-order chi connectivity index (χ0) is 29.5. The van der Waals surface area contributed by atoms with E-state index in [2.05, 4.69) is 62.2 Å². The van der Waals surface area contributed by atoms with Gasteiger partial charge in [0.25, 0.3) is 5.91 Å². The topological polar surface area (TPSA) is 134 Å². The van der Waals surface area contributed by atoms with Gasteiger partial charge in [0.15, 0.2) is 0 Å². The summed E-state index contributed by atoms with van der Waals surface area (Å²) in [6, 6.07) is 16.1.